The van der Waals surface area contributed by atoms with Gasteiger partial charge >= 0.3 is 6.18 Å². The van der Waals surface area contributed by atoms with Gasteiger partial charge in [0, 0.05) is 17.4 Å². The Balaban J connectivity index is 1.24. The molecular weight excluding hydrogens is 405 g/mol. The quantitative estimate of drug-likeness (QED) is 0.505. The van der Waals surface area contributed by atoms with Gasteiger partial charge in [-0.2, -0.15) is 13.2 Å². The van der Waals surface area contributed by atoms with Crippen molar-refractivity contribution in [2.45, 2.75) is 82.8 Å². The molecule has 3 fully saturated rings. The zero-order valence-corrected chi connectivity index (χ0v) is 18.4. The number of alkyl halides is 3. The van der Waals surface area contributed by atoms with Crippen LogP contribution in [0, 0.1) is 17.8 Å². The lowest BCUT2D eigenvalue weighted by Gasteiger charge is -2.38. The Hall–Kier alpha value is -1.11. The molecular formula is C25H35F3O3. The van der Waals surface area contributed by atoms with Crippen molar-refractivity contribution in [1.29, 1.82) is 0 Å². The van der Waals surface area contributed by atoms with Gasteiger partial charge < -0.3 is 14.2 Å². The van der Waals surface area contributed by atoms with E-state index in [1.165, 1.54) is 38.5 Å². The summed E-state index contributed by atoms with van der Waals surface area (Å²) in [7, 11) is 0. The van der Waals surface area contributed by atoms with Crippen molar-refractivity contribution < 1.29 is 27.4 Å². The molecule has 0 bridgehead atoms. The van der Waals surface area contributed by atoms with Crippen molar-refractivity contribution in [1.82, 2.24) is 0 Å². The maximum absolute atomic E-state index is 12.8. The lowest BCUT2D eigenvalue weighted by Crippen LogP contribution is -2.36. The fraction of sp³-hybridized carbons (Fsp3) is 0.760. The van der Waals surface area contributed by atoms with Crippen LogP contribution in [0.5, 0.6) is 0 Å². The number of rotatable bonds is 5. The normalized spacial score (nSPS) is 35.1. The topological polar surface area (TPSA) is 27.7 Å². The van der Waals surface area contributed by atoms with E-state index in [9.17, 15) is 13.2 Å². The van der Waals surface area contributed by atoms with Gasteiger partial charge in [-0.15, -0.1) is 0 Å². The van der Waals surface area contributed by atoms with Crippen LogP contribution < -0.4 is 0 Å². The SMILES string of the molecule is CCCC1CCC(C2COC(c3ccc(C4CCC(C(F)(F)F)OC4)cc3)OC2)CC1. The van der Waals surface area contributed by atoms with Crippen LogP contribution in [0.4, 0.5) is 13.2 Å². The molecule has 1 saturated carbocycles. The van der Waals surface area contributed by atoms with Crippen LogP contribution in [0.15, 0.2) is 24.3 Å². The lowest BCUT2D eigenvalue weighted by molar-refractivity contribution is -0.232. The second-order valence-corrected chi connectivity index (χ2v) is 9.63. The molecule has 174 valence electrons. The molecule has 0 radical (unpaired) electrons. The summed E-state index contributed by atoms with van der Waals surface area (Å²) in [5.74, 6) is 2.11. The molecule has 3 aliphatic rings. The molecule has 31 heavy (non-hydrogen) atoms. The zero-order chi connectivity index (χ0) is 21.8. The third kappa shape index (κ3) is 5.82. The summed E-state index contributed by atoms with van der Waals surface area (Å²) in [5, 5.41) is 0. The van der Waals surface area contributed by atoms with Crippen LogP contribution >= 0.6 is 0 Å². The Morgan fingerprint density at radius 3 is 1.97 bits per heavy atom. The predicted molar refractivity (Wildman–Crippen MR) is 113 cm³/mol. The molecule has 2 unspecified atom stereocenters. The van der Waals surface area contributed by atoms with Crippen LogP contribution in [0.3, 0.4) is 0 Å². The van der Waals surface area contributed by atoms with Gasteiger partial charge in [-0.1, -0.05) is 56.9 Å². The third-order valence-corrected chi connectivity index (χ3v) is 7.50. The molecule has 0 N–H and O–H groups in total. The Kier molecular flexibility index (Phi) is 7.60. The van der Waals surface area contributed by atoms with Crippen molar-refractivity contribution in [3.8, 4) is 0 Å². The van der Waals surface area contributed by atoms with E-state index < -0.39 is 12.3 Å². The van der Waals surface area contributed by atoms with E-state index in [1.54, 1.807) is 0 Å². The molecule has 6 heteroatoms. The van der Waals surface area contributed by atoms with E-state index >= 15 is 0 Å². The molecule has 1 aromatic rings. The van der Waals surface area contributed by atoms with E-state index in [4.69, 9.17) is 14.2 Å². The summed E-state index contributed by atoms with van der Waals surface area (Å²) in [4.78, 5) is 0. The fourth-order valence-corrected chi connectivity index (χ4v) is 5.54. The molecule has 2 heterocycles. The molecule has 3 nitrogen and oxygen atoms in total. The van der Waals surface area contributed by atoms with Gasteiger partial charge in [0.1, 0.15) is 0 Å². The monoisotopic (exact) mass is 440 g/mol. The number of ether oxygens (including phenoxy) is 3. The first kappa shape index (κ1) is 23.1. The minimum absolute atomic E-state index is 0.00746. The van der Waals surface area contributed by atoms with E-state index in [1.807, 2.05) is 24.3 Å². The van der Waals surface area contributed by atoms with E-state index in [2.05, 4.69) is 6.92 Å². The minimum atomic E-state index is -4.27. The maximum Gasteiger partial charge on any atom is 0.414 e. The van der Waals surface area contributed by atoms with E-state index in [-0.39, 0.29) is 25.2 Å². The number of hydrogen-bond acceptors (Lipinski definition) is 3. The molecule has 4 rings (SSSR count). The van der Waals surface area contributed by atoms with Crippen LogP contribution in [-0.4, -0.2) is 32.1 Å². The minimum Gasteiger partial charge on any atom is -0.368 e. The number of halogens is 3. The summed E-state index contributed by atoms with van der Waals surface area (Å²) in [6.45, 7) is 3.87. The molecule has 0 amide bonds. The van der Waals surface area contributed by atoms with Gasteiger partial charge in [0.05, 0.1) is 19.8 Å². The first-order valence-corrected chi connectivity index (χ1v) is 12.0. The molecule has 1 aliphatic carbocycles. The van der Waals surface area contributed by atoms with E-state index in [0.29, 0.717) is 18.3 Å². The van der Waals surface area contributed by atoms with Crippen LogP contribution in [0.1, 0.15) is 81.6 Å². The zero-order valence-electron chi connectivity index (χ0n) is 18.4. The predicted octanol–water partition coefficient (Wildman–Crippen LogP) is 6.78. The highest BCUT2D eigenvalue weighted by Gasteiger charge is 2.43. The average molecular weight is 441 g/mol. The van der Waals surface area contributed by atoms with Gasteiger partial charge in [0.2, 0.25) is 0 Å². The maximum atomic E-state index is 12.8. The van der Waals surface area contributed by atoms with E-state index in [0.717, 1.165) is 30.3 Å². The summed E-state index contributed by atoms with van der Waals surface area (Å²) >= 11 is 0. The Bertz CT molecular complexity index is 666. The largest absolute Gasteiger partial charge is 0.414 e. The summed E-state index contributed by atoms with van der Waals surface area (Å²) in [5.41, 5.74) is 1.99. The van der Waals surface area contributed by atoms with Crippen molar-refractivity contribution in [3.63, 3.8) is 0 Å². The number of hydrogen-bond donors (Lipinski definition) is 0. The standard InChI is InChI=1S/C25H35F3O3/c1-2-3-17-4-6-19(7-5-17)22-15-30-24(31-16-22)20-10-8-18(9-11-20)21-12-13-23(29-14-21)25(26,27)28/h8-11,17,19,21-24H,2-7,12-16H2,1H3. The second kappa shape index (κ2) is 10.2. The second-order valence-electron chi connectivity index (χ2n) is 9.63. The van der Waals surface area contributed by atoms with Crippen molar-refractivity contribution >= 4 is 0 Å². The summed E-state index contributed by atoms with van der Waals surface area (Å²) < 4.78 is 55.5. The molecule has 0 spiro atoms. The Morgan fingerprint density at radius 2 is 1.42 bits per heavy atom. The first-order valence-electron chi connectivity index (χ1n) is 12.0. The van der Waals surface area contributed by atoms with Crippen molar-refractivity contribution in [2.75, 3.05) is 19.8 Å². The van der Waals surface area contributed by atoms with Crippen LogP contribution in [0.25, 0.3) is 0 Å². The highest BCUT2D eigenvalue weighted by molar-refractivity contribution is 5.26. The third-order valence-electron chi connectivity index (χ3n) is 7.50. The molecule has 0 aromatic heterocycles. The van der Waals surface area contributed by atoms with Gasteiger partial charge in [-0.05, 0) is 43.1 Å². The molecule has 2 aliphatic heterocycles. The van der Waals surface area contributed by atoms with Gasteiger partial charge in [-0.3, -0.25) is 0 Å². The van der Waals surface area contributed by atoms with Crippen molar-refractivity contribution in [2.24, 2.45) is 17.8 Å². The highest BCUT2D eigenvalue weighted by Crippen LogP contribution is 2.39. The lowest BCUT2D eigenvalue weighted by atomic mass is 9.75. The first-order chi connectivity index (χ1) is 14.9. The fourth-order valence-electron chi connectivity index (χ4n) is 5.54. The Labute approximate surface area is 183 Å². The van der Waals surface area contributed by atoms with Gasteiger partial charge in [0.15, 0.2) is 12.4 Å². The average Bonchev–Trinajstić information content (AvgIpc) is 2.80. The summed E-state index contributed by atoms with van der Waals surface area (Å²) in [6.07, 6.45) is 2.18. The molecule has 2 saturated heterocycles. The highest BCUT2D eigenvalue weighted by atomic mass is 19.4. The van der Waals surface area contributed by atoms with Crippen LogP contribution in [0.2, 0.25) is 0 Å². The summed E-state index contributed by atoms with van der Waals surface area (Å²) in [6, 6.07) is 7.91. The molecule has 2 atom stereocenters. The Morgan fingerprint density at radius 1 is 0.774 bits per heavy atom. The number of benzene rings is 1. The smallest absolute Gasteiger partial charge is 0.368 e. The molecule has 1 aromatic carbocycles. The van der Waals surface area contributed by atoms with Gasteiger partial charge in [0.25, 0.3) is 0 Å². The van der Waals surface area contributed by atoms with Crippen molar-refractivity contribution in [3.05, 3.63) is 35.4 Å². The van der Waals surface area contributed by atoms with Gasteiger partial charge in [-0.25, -0.2) is 0 Å². The van der Waals surface area contributed by atoms with Crippen LogP contribution in [-0.2, 0) is 14.2 Å².